The van der Waals surface area contributed by atoms with E-state index in [1.165, 1.54) is 0 Å². The average Bonchev–Trinajstić information content (AvgIpc) is 2.84. The predicted molar refractivity (Wildman–Crippen MR) is 54.7 cm³/mol. The van der Waals surface area contributed by atoms with Crippen LogP contribution < -0.4 is 17.4 Å². The van der Waals surface area contributed by atoms with Crippen molar-refractivity contribution in [2.75, 3.05) is 13.2 Å². The van der Waals surface area contributed by atoms with Gasteiger partial charge in [0.2, 0.25) is 5.72 Å². The molecule has 0 aliphatic carbocycles. The van der Waals surface area contributed by atoms with Crippen molar-refractivity contribution in [1.29, 1.82) is 0 Å². The minimum atomic E-state index is -1.76. The number of nitrogens with zero attached hydrogens (tertiary/aromatic N) is 2. The van der Waals surface area contributed by atoms with Crippen molar-refractivity contribution >= 4 is 0 Å². The lowest BCUT2D eigenvalue weighted by Gasteiger charge is -2.24. The first-order chi connectivity index (χ1) is 8.92. The Kier molecular flexibility index (Phi) is 4.73. The van der Waals surface area contributed by atoms with E-state index in [-0.39, 0.29) is 13.2 Å². The summed E-state index contributed by atoms with van der Waals surface area (Å²) in [6.45, 7) is -0.447. The van der Waals surface area contributed by atoms with Gasteiger partial charge in [-0.15, -0.1) is 20.2 Å². The molecular formula is C6H13N5O8. The van der Waals surface area contributed by atoms with Crippen LogP contribution in [0.25, 0.3) is 0 Å². The molecule has 0 spiro atoms. The maximum Gasteiger partial charge on any atom is 0.296 e. The molecule has 2 saturated heterocycles. The van der Waals surface area contributed by atoms with Crippen LogP contribution in [0.1, 0.15) is 0 Å². The van der Waals surface area contributed by atoms with E-state index in [4.69, 9.17) is 15.2 Å². The summed E-state index contributed by atoms with van der Waals surface area (Å²) >= 11 is 0. The maximum absolute atomic E-state index is 10.3. The maximum atomic E-state index is 10.3. The van der Waals surface area contributed by atoms with Crippen LogP contribution in [-0.4, -0.2) is 47.4 Å². The first-order valence-electron chi connectivity index (χ1n) is 4.92. The van der Waals surface area contributed by atoms with E-state index in [0.717, 1.165) is 0 Å². The molecule has 0 amide bonds. The van der Waals surface area contributed by atoms with Crippen LogP contribution in [0.5, 0.6) is 0 Å². The molecule has 13 heteroatoms. The zero-order valence-electron chi connectivity index (χ0n) is 9.54. The predicted octanol–water partition coefficient (Wildman–Crippen LogP) is -2.96. The minimum absolute atomic E-state index is 0.143. The first-order valence-corrected chi connectivity index (χ1v) is 4.92. The van der Waals surface area contributed by atoms with Gasteiger partial charge in [0.25, 0.3) is 10.2 Å². The first kappa shape index (κ1) is 15.3. The fourth-order valence-electron chi connectivity index (χ4n) is 1.92. The molecular weight excluding hydrogens is 270 g/mol. The van der Waals surface area contributed by atoms with Crippen LogP contribution in [0.2, 0.25) is 0 Å². The Morgan fingerprint density at radius 1 is 1.21 bits per heavy atom. The molecule has 0 aromatic heterocycles. The zero-order chi connectivity index (χ0) is 14.6. The van der Waals surface area contributed by atoms with E-state index < -0.39 is 34.2 Å². The van der Waals surface area contributed by atoms with Crippen LogP contribution in [-0.2, 0) is 19.1 Å². The van der Waals surface area contributed by atoms with Gasteiger partial charge in [0.1, 0.15) is 12.2 Å². The molecule has 0 unspecified atom stereocenters. The van der Waals surface area contributed by atoms with Crippen LogP contribution in [0, 0.1) is 20.2 Å². The van der Waals surface area contributed by atoms with Gasteiger partial charge in [0.05, 0.1) is 13.2 Å². The van der Waals surface area contributed by atoms with Crippen LogP contribution >= 0.6 is 0 Å². The van der Waals surface area contributed by atoms with Crippen molar-refractivity contribution in [2.45, 2.75) is 24.0 Å². The summed E-state index contributed by atoms with van der Waals surface area (Å²) in [5.74, 6) is 8.00. The second kappa shape index (κ2) is 5.89. The Labute approximate surface area is 105 Å². The molecule has 2 rings (SSSR count). The van der Waals surface area contributed by atoms with Crippen LogP contribution in [0.3, 0.4) is 0 Å². The van der Waals surface area contributed by atoms with E-state index >= 15 is 0 Å². The topological polar surface area (TPSA) is 201 Å². The van der Waals surface area contributed by atoms with Gasteiger partial charge < -0.3 is 14.3 Å². The van der Waals surface area contributed by atoms with Gasteiger partial charge in [0.15, 0.2) is 6.10 Å². The lowest BCUT2D eigenvalue weighted by Crippen LogP contribution is -2.55. The molecule has 19 heavy (non-hydrogen) atoms. The third kappa shape index (κ3) is 3.15. The third-order valence-corrected chi connectivity index (χ3v) is 2.55. The molecule has 110 valence electrons. The van der Waals surface area contributed by atoms with E-state index in [2.05, 4.69) is 21.4 Å². The molecule has 0 aromatic rings. The van der Waals surface area contributed by atoms with Crippen molar-refractivity contribution in [3.05, 3.63) is 20.2 Å². The lowest BCUT2D eigenvalue weighted by atomic mass is 10.1. The van der Waals surface area contributed by atoms with Gasteiger partial charge in [-0.25, -0.2) is 0 Å². The van der Waals surface area contributed by atoms with Gasteiger partial charge in [-0.1, -0.05) is 0 Å². The summed E-state index contributed by atoms with van der Waals surface area (Å²) in [4.78, 5) is 29.1. The Morgan fingerprint density at radius 3 is 2.37 bits per heavy atom. The standard InChI is InChI=1S/C6H9N3O8.H4N2/c7-6(17-9(12)13)2-15-4-3(16-8(10)11)1-14-5(4)6;1-2/h3-5H,1-2,7H2;1-2H2/t3-,4-,5+,6+;/m1./s1. The number of hydrazine groups is 1. The molecule has 0 radical (unpaired) electrons. The summed E-state index contributed by atoms with van der Waals surface area (Å²) in [5, 5.41) is 18.4. The highest BCUT2D eigenvalue weighted by molar-refractivity contribution is 5.01. The number of ether oxygens (including phenoxy) is 2. The smallest absolute Gasteiger partial charge is 0.296 e. The number of hydrogen-bond acceptors (Lipinski definition) is 11. The van der Waals surface area contributed by atoms with Gasteiger partial charge in [-0.2, -0.15) is 0 Å². The van der Waals surface area contributed by atoms with Crippen molar-refractivity contribution < 1.29 is 29.3 Å². The van der Waals surface area contributed by atoms with Crippen molar-refractivity contribution in [3.8, 4) is 0 Å². The van der Waals surface area contributed by atoms with Crippen molar-refractivity contribution in [1.82, 2.24) is 0 Å². The summed E-state index contributed by atoms with van der Waals surface area (Å²) in [6, 6.07) is 0. The number of hydrogen-bond donors (Lipinski definition) is 3. The summed E-state index contributed by atoms with van der Waals surface area (Å²) in [7, 11) is 0. The van der Waals surface area contributed by atoms with Gasteiger partial charge in [0, 0.05) is 0 Å². The zero-order valence-corrected chi connectivity index (χ0v) is 9.54. The number of rotatable bonds is 4. The normalized spacial score (nSPS) is 35.8. The van der Waals surface area contributed by atoms with Gasteiger partial charge in [-0.3, -0.25) is 22.3 Å². The van der Waals surface area contributed by atoms with Crippen LogP contribution in [0.15, 0.2) is 0 Å². The van der Waals surface area contributed by atoms with E-state index in [1.54, 1.807) is 0 Å². The highest BCUT2D eigenvalue weighted by Crippen LogP contribution is 2.34. The van der Waals surface area contributed by atoms with E-state index in [0.29, 0.717) is 0 Å². The molecule has 2 aliphatic heterocycles. The number of nitrogens with two attached hydrogens (primary N) is 3. The fraction of sp³-hybridized carbons (Fsp3) is 1.00. The molecule has 2 aliphatic rings. The van der Waals surface area contributed by atoms with Crippen molar-refractivity contribution in [2.24, 2.45) is 17.4 Å². The molecule has 2 heterocycles. The molecule has 2 fully saturated rings. The largest absolute Gasteiger partial charge is 0.369 e. The molecule has 0 saturated carbocycles. The summed E-state index contributed by atoms with van der Waals surface area (Å²) in [6.07, 6.45) is -2.79. The Balaban J connectivity index is 0.000000861. The Hall–Kier alpha value is -1.80. The highest BCUT2D eigenvalue weighted by Gasteiger charge is 2.58. The summed E-state index contributed by atoms with van der Waals surface area (Å²) < 4.78 is 10.2. The third-order valence-electron chi connectivity index (χ3n) is 2.55. The van der Waals surface area contributed by atoms with Crippen molar-refractivity contribution in [3.63, 3.8) is 0 Å². The SMILES string of the molecule is NN.N[C@]1(O[N+](=O)[O-])CO[C@@H]2[C@H](O[N+](=O)[O-])CO[C@@H]21. The highest BCUT2D eigenvalue weighted by atomic mass is 17.0. The van der Waals surface area contributed by atoms with Gasteiger partial charge >= 0.3 is 0 Å². The quantitative estimate of drug-likeness (QED) is 0.206. The fourth-order valence-corrected chi connectivity index (χ4v) is 1.92. The summed E-state index contributed by atoms with van der Waals surface area (Å²) in [5.41, 5.74) is 3.84. The van der Waals surface area contributed by atoms with E-state index in [9.17, 15) is 20.2 Å². The Bertz CT molecular complexity index is 355. The average molecular weight is 283 g/mol. The second-order valence-electron chi connectivity index (χ2n) is 3.67. The molecule has 6 N–H and O–H groups in total. The minimum Gasteiger partial charge on any atom is -0.369 e. The van der Waals surface area contributed by atoms with Gasteiger partial charge in [-0.05, 0) is 0 Å². The number of fused-ring (bicyclic) bond motifs is 1. The van der Waals surface area contributed by atoms with Crippen LogP contribution in [0.4, 0.5) is 0 Å². The lowest BCUT2D eigenvalue weighted by molar-refractivity contribution is -0.782. The Morgan fingerprint density at radius 2 is 1.84 bits per heavy atom. The second-order valence-corrected chi connectivity index (χ2v) is 3.67. The monoisotopic (exact) mass is 283 g/mol. The molecule has 0 bridgehead atoms. The molecule has 0 aromatic carbocycles. The van der Waals surface area contributed by atoms with E-state index in [1.807, 2.05) is 0 Å². The molecule has 13 nitrogen and oxygen atoms in total. The molecule has 4 atom stereocenters.